The van der Waals surface area contributed by atoms with Crippen molar-refractivity contribution in [3.05, 3.63) is 37.4 Å². The first kappa shape index (κ1) is 12.8. The minimum Gasteiger partial charge on any atom is -0.276 e. The quantitative estimate of drug-likeness (QED) is 0.836. The highest BCUT2D eigenvalue weighted by Crippen LogP contribution is 2.32. The molecule has 1 fully saturated rings. The van der Waals surface area contributed by atoms with Crippen LogP contribution in [0.4, 0.5) is 0 Å². The summed E-state index contributed by atoms with van der Waals surface area (Å²) in [6.45, 7) is 0. The van der Waals surface area contributed by atoms with Crippen LogP contribution in [0.1, 0.15) is 35.3 Å². The molecule has 6 nitrogen and oxygen atoms in total. The van der Waals surface area contributed by atoms with E-state index in [0.717, 1.165) is 25.7 Å². The van der Waals surface area contributed by atoms with Gasteiger partial charge in [0.2, 0.25) is 11.8 Å². The molecule has 6 heteroatoms. The second-order valence-corrected chi connectivity index (χ2v) is 5.11. The van der Waals surface area contributed by atoms with Gasteiger partial charge < -0.3 is 0 Å². The molecule has 2 unspecified atom stereocenters. The molecule has 0 N–H and O–H groups in total. The van der Waals surface area contributed by atoms with Crippen molar-refractivity contribution in [2.75, 3.05) is 0 Å². The van der Waals surface area contributed by atoms with Gasteiger partial charge in [-0.15, -0.1) is 0 Å². The zero-order chi connectivity index (χ0) is 13.9. The lowest BCUT2D eigenvalue weighted by atomic mass is 9.78. The Morgan fingerprint density at radius 3 is 1.65 bits per heavy atom. The molecule has 0 radical (unpaired) electrons. The standard InChI is InChI=1S/C14H16N4O2/c19-13(17-7-5-15-9-17)11-3-1-2-4-12(11)14(20)18-8-6-16-10-18/h5-12H,1-4H2. The largest absolute Gasteiger partial charge is 0.276 e. The normalized spacial score (nSPS) is 22.6. The number of hydrogen-bond acceptors (Lipinski definition) is 4. The van der Waals surface area contributed by atoms with E-state index >= 15 is 0 Å². The Morgan fingerprint density at radius 2 is 1.30 bits per heavy atom. The third-order valence-electron chi connectivity index (χ3n) is 3.92. The van der Waals surface area contributed by atoms with Gasteiger partial charge in [-0.25, -0.2) is 9.97 Å². The molecule has 0 saturated heterocycles. The highest BCUT2D eigenvalue weighted by molar-refractivity contribution is 5.90. The predicted molar refractivity (Wildman–Crippen MR) is 71.2 cm³/mol. The van der Waals surface area contributed by atoms with Crippen LogP contribution in [0.15, 0.2) is 37.4 Å². The van der Waals surface area contributed by atoms with Gasteiger partial charge >= 0.3 is 0 Å². The fraction of sp³-hybridized carbons (Fsp3) is 0.429. The maximum Gasteiger partial charge on any atom is 0.235 e. The van der Waals surface area contributed by atoms with Crippen LogP contribution < -0.4 is 0 Å². The van der Waals surface area contributed by atoms with Crippen LogP contribution in [-0.2, 0) is 0 Å². The maximum atomic E-state index is 12.5. The minimum absolute atomic E-state index is 0.0411. The summed E-state index contributed by atoms with van der Waals surface area (Å²) >= 11 is 0. The van der Waals surface area contributed by atoms with Gasteiger partial charge in [-0.05, 0) is 12.8 Å². The van der Waals surface area contributed by atoms with Crippen molar-refractivity contribution < 1.29 is 9.59 Å². The zero-order valence-electron chi connectivity index (χ0n) is 11.1. The van der Waals surface area contributed by atoms with Crippen molar-refractivity contribution in [3.8, 4) is 0 Å². The van der Waals surface area contributed by atoms with E-state index in [4.69, 9.17) is 0 Å². The molecule has 2 atom stereocenters. The molecular weight excluding hydrogens is 256 g/mol. The summed E-state index contributed by atoms with van der Waals surface area (Å²) in [4.78, 5) is 32.8. The Kier molecular flexibility index (Phi) is 3.45. The first-order chi connectivity index (χ1) is 9.77. The van der Waals surface area contributed by atoms with Crippen LogP contribution in [0.25, 0.3) is 0 Å². The van der Waals surface area contributed by atoms with E-state index in [-0.39, 0.29) is 23.7 Å². The fourth-order valence-corrected chi connectivity index (χ4v) is 2.88. The fourth-order valence-electron chi connectivity index (χ4n) is 2.88. The second-order valence-electron chi connectivity index (χ2n) is 5.11. The van der Waals surface area contributed by atoms with E-state index in [1.807, 2.05) is 0 Å². The molecule has 3 rings (SSSR count). The van der Waals surface area contributed by atoms with Crippen molar-refractivity contribution in [1.82, 2.24) is 19.1 Å². The number of carbonyl (C=O) groups is 2. The van der Waals surface area contributed by atoms with E-state index in [0.29, 0.717) is 0 Å². The molecule has 1 saturated carbocycles. The molecule has 0 aromatic carbocycles. The highest BCUT2D eigenvalue weighted by atomic mass is 16.2. The number of carbonyl (C=O) groups excluding carboxylic acids is 2. The van der Waals surface area contributed by atoms with Crippen molar-refractivity contribution in [3.63, 3.8) is 0 Å². The summed E-state index contributed by atoms with van der Waals surface area (Å²) in [5.41, 5.74) is 0. The van der Waals surface area contributed by atoms with Gasteiger partial charge in [-0.1, -0.05) is 12.8 Å². The zero-order valence-corrected chi connectivity index (χ0v) is 11.1. The van der Waals surface area contributed by atoms with Crippen LogP contribution in [0.3, 0.4) is 0 Å². The summed E-state index contributed by atoms with van der Waals surface area (Å²) in [5.74, 6) is -0.623. The summed E-state index contributed by atoms with van der Waals surface area (Å²) < 4.78 is 2.95. The molecule has 2 aromatic rings. The molecule has 0 aliphatic heterocycles. The van der Waals surface area contributed by atoms with E-state index in [1.54, 1.807) is 24.8 Å². The molecular formula is C14H16N4O2. The average molecular weight is 272 g/mol. The van der Waals surface area contributed by atoms with Crippen molar-refractivity contribution in [2.45, 2.75) is 25.7 Å². The van der Waals surface area contributed by atoms with Gasteiger partial charge in [-0.3, -0.25) is 18.7 Å². The predicted octanol–water partition coefficient (Wildman–Crippen LogP) is 1.87. The SMILES string of the molecule is O=C(C1CCCCC1C(=O)n1ccnc1)n1ccnc1. The lowest BCUT2D eigenvalue weighted by molar-refractivity contribution is 0.0606. The molecule has 0 amide bonds. The number of aromatic nitrogens is 4. The smallest absolute Gasteiger partial charge is 0.235 e. The average Bonchev–Trinajstić information content (AvgIpc) is 3.18. The van der Waals surface area contributed by atoms with Crippen LogP contribution in [0, 0.1) is 11.8 Å². The number of imidazole rings is 2. The summed E-state index contributed by atoms with van der Waals surface area (Å²) in [6, 6.07) is 0. The van der Waals surface area contributed by atoms with Crippen molar-refractivity contribution in [1.29, 1.82) is 0 Å². The Balaban J connectivity index is 1.84. The second kappa shape index (κ2) is 5.40. The van der Waals surface area contributed by atoms with Gasteiger partial charge in [0.25, 0.3) is 0 Å². The Morgan fingerprint density at radius 1 is 0.850 bits per heavy atom. The highest BCUT2D eigenvalue weighted by Gasteiger charge is 2.36. The van der Waals surface area contributed by atoms with Gasteiger partial charge in [0.1, 0.15) is 12.7 Å². The number of nitrogens with zero attached hydrogens (tertiary/aromatic N) is 4. The first-order valence-corrected chi connectivity index (χ1v) is 6.81. The lowest BCUT2D eigenvalue weighted by Crippen LogP contribution is -2.37. The van der Waals surface area contributed by atoms with E-state index in [1.165, 1.54) is 21.8 Å². The number of rotatable bonds is 2. The van der Waals surface area contributed by atoms with E-state index < -0.39 is 0 Å². The third kappa shape index (κ3) is 2.29. The monoisotopic (exact) mass is 272 g/mol. The Labute approximate surface area is 116 Å². The first-order valence-electron chi connectivity index (χ1n) is 6.81. The van der Waals surface area contributed by atoms with Crippen molar-refractivity contribution >= 4 is 11.8 Å². The molecule has 2 aromatic heterocycles. The summed E-state index contributed by atoms with van der Waals surface area (Å²) in [7, 11) is 0. The molecule has 1 aliphatic rings. The van der Waals surface area contributed by atoms with E-state index in [2.05, 4.69) is 9.97 Å². The molecule has 0 spiro atoms. The van der Waals surface area contributed by atoms with E-state index in [9.17, 15) is 9.59 Å². The lowest BCUT2D eigenvalue weighted by Gasteiger charge is -2.29. The third-order valence-corrected chi connectivity index (χ3v) is 3.92. The molecule has 104 valence electrons. The van der Waals surface area contributed by atoms with Gasteiger partial charge in [0.15, 0.2) is 0 Å². The molecule has 2 heterocycles. The van der Waals surface area contributed by atoms with Crippen LogP contribution >= 0.6 is 0 Å². The van der Waals surface area contributed by atoms with Gasteiger partial charge in [-0.2, -0.15) is 0 Å². The maximum absolute atomic E-state index is 12.5. The van der Waals surface area contributed by atoms with Crippen molar-refractivity contribution in [2.24, 2.45) is 11.8 Å². The number of hydrogen-bond donors (Lipinski definition) is 0. The topological polar surface area (TPSA) is 69.8 Å². The van der Waals surface area contributed by atoms with Gasteiger partial charge in [0, 0.05) is 24.8 Å². The van der Waals surface area contributed by atoms with Crippen LogP contribution in [0.2, 0.25) is 0 Å². The van der Waals surface area contributed by atoms with Gasteiger partial charge in [0.05, 0.1) is 11.8 Å². The van der Waals surface area contributed by atoms with Crippen LogP contribution in [0.5, 0.6) is 0 Å². The summed E-state index contributed by atoms with van der Waals surface area (Å²) in [5, 5.41) is 0. The molecule has 20 heavy (non-hydrogen) atoms. The van der Waals surface area contributed by atoms with Crippen LogP contribution in [-0.4, -0.2) is 30.9 Å². The Bertz CT molecular complexity index is 534. The molecule has 0 bridgehead atoms. The molecule has 1 aliphatic carbocycles. The summed E-state index contributed by atoms with van der Waals surface area (Å²) in [6.07, 6.45) is 12.9. The minimum atomic E-state index is -0.271. The Hall–Kier alpha value is -2.24.